The lowest BCUT2D eigenvalue weighted by atomic mass is 10.2. The molecule has 19 heavy (non-hydrogen) atoms. The average molecular weight is 296 g/mol. The molecule has 0 radical (unpaired) electrons. The van der Waals surface area contributed by atoms with E-state index in [1.54, 1.807) is 0 Å². The summed E-state index contributed by atoms with van der Waals surface area (Å²) in [5, 5.41) is 0. The third kappa shape index (κ3) is 3.95. The van der Waals surface area contributed by atoms with Gasteiger partial charge in [0.25, 0.3) is 0 Å². The summed E-state index contributed by atoms with van der Waals surface area (Å²) in [6.07, 6.45) is -5.51. The second-order valence-corrected chi connectivity index (χ2v) is 5.91. The predicted molar refractivity (Wildman–Crippen MR) is 61.1 cm³/mol. The van der Waals surface area contributed by atoms with Crippen molar-refractivity contribution in [3.05, 3.63) is 23.8 Å². The van der Waals surface area contributed by atoms with Crippen LogP contribution in [0.1, 0.15) is 17.3 Å². The van der Waals surface area contributed by atoms with E-state index in [0.717, 1.165) is 31.4 Å². The van der Waals surface area contributed by atoms with Crippen LogP contribution >= 0.6 is 0 Å². The smallest absolute Gasteiger partial charge is 0.425 e. The second-order valence-electron chi connectivity index (χ2n) is 3.89. The lowest BCUT2D eigenvalue weighted by Crippen LogP contribution is -2.31. The van der Waals surface area contributed by atoms with Crippen molar-refractivity contribution in [1.82, 2.24) is 0 Å². The molecule has 106 valence electrons. The van der Waals surface area contributed by atoms with E-state index in [-0.39, 0.29) is 22.5 Å². The number of halogens is 3. The zero-order valence-electron chi connectivity index (χ0n) is 10.1. The Labute approximate surface area is 108 Å². The van der Waals surface area contributed by atoms with Crippen LogP contribution in [0.4, 0.5) is 13.2 Å². The SMILES string of the molecule is C[C@H](Oc1ccc(S(C)(=O)=O)cc1C=O)C(F)(F)F. The van der Waals surface area contributed by atoms with E-state index in [1.165, 1.54) is 0 Å². The van der Waals surface area contributed by atoms with E-state index in [2.05, 4.69) is 4.74 Å². The summed E-state index contributed by atoms with van der Waals surface area (Å²) in [6.45, 7) is 0.791. The number of ether oxygens (including phenoxy) is 1. The third-order valence-corrected chi connectivity index (χ3v) is 3.41. The van der Waals surface area contributed by atoms with E-state index >= 15 is 0 Å². The van der Waals surface area contributed by atoms with E-state index in [4.69, 9.17) is 0 Å². The number of hydrogen-bond donors (Lipinski definition) is 0. The zero-order chi connectivity index (χ0) is 14.8. The van der Waals surface area contributed by atoms with Gasteiger partial charge in [0.15, 0.2) is 22.2 Å². The lowest BCUT2D eigenvalue weighted by Gasteiger charge is -2.18. The van der Waals surface area contributed by atoms with Gasteiger partial charge in [-0.15, -0.1) is 0 Å². The minimum absolute atomic E-state index is 0.165. The lowest BCUT2D eigenvalue weighted by molar-refractivity contribution is -0.189. The van der Waals surface area contributed by atoms with E-state index in [1.807, 2.05) is 0 Å². The molecule has 0 amide bonds. The van der Waals surface area contributed by atoms with Gasteiger partial charge in [0.05, 0.1) is 10.5 Å². The molecule has 1 aromatic carbocycles. The molecule has 4 nitrogen and oxygen atoms in total. The van der Waals surface area contributed by atoms with Crippen molar-refractivity contribution in [2.24, 2.45) is 0 Å². The van der Waals surface area contributed by atoms with Gasteiger partial charge in [0.1, 0.15) is 5.75 Å². The summed E-state index contributed by atoms with van der Waals surface area (Å²) in [6, 6.07) is 3.09. The van der Waals surface area contributed by atoms with Crippen molar-refractivity contribution >= 4 is 16.1 Å². The molecule has 1 aromatic rings. The molecule has 0 N–H and O–H groups in total. The Kier molecular flexibility index (Phi) is 4.24. The van der Waals surface area contributed by atoms with Gasteiger partial charge in [0, 0.05) is 6.26 Å². The Morgan fingerprint density at radius 1 is 1.32 bits per heavy atom. The van der Waals surface area contributed by atoms with Crippen LogP contribution in [0.5, 0.6) is 5.75 Å². The Bertz CT molecular complexity index is 578. The van der Waals surface area contributed by atoms with E-state index in [0.29, 0.717) is 0 Å². The molecule has 0 spiro atoms. The molecule has 0 aliphatic rings. The first-order valence-corrected chi connectivity index (χ1v) is 6.97. The monoisotopic (exact) mass is 296 g/mol. The molecule has 1 rings (SSSR count). The summed E-state index contributed by atoms with van der Waals surface area (Å²) in [5.41, 5.74) is -0.251. The van der Waals surface area contributed by atoms with Crippen molar-refractivity contribution in [3.8, 4) is 5.75 Å². The fourth-order valence-corrected chi connectivity index (χ4v) is 1.87. The first kappa shape index (κ1) is 15.5. The second kappa shape index (κ2) is 5.20. The first-order valence-electron chi connectivity index (χ1n) is 5.08. The highest BCUT2D eigenvalue weighted by Gasteiger charge is 2.38. The van der Waals surface area contributed by atoms with Crippen LogP contribution in [0.25, 0.3) is 0 Å². The standard InChI is InChI=1S/C11H11F3O4S/c1-7(11(12,13)14)18-10-4-3-9(19(2,16)17)5-8(10)6-15/h3-7H,1-2H3/t7-/m0/s1. The molecular formula is C11H11F3O4S. The maximum atomic E-state index is 12.3. The van der Waals surface area contributed by atoms with E-state index in [9.17, 15) is 26.4 Å². The minimum atomic E-state index is -4.57. The maximum absolute atomic E-state index is 12.3. The van der Waals surface area contributed by atoms with Gasteiger partial charge >= 0.3 is 6.18 Å². The molecule has 0 aliphatic carbocycles. The number of alkyl halides is 3. The molecular weight excluding hydrogens is 285 g/mol. The number of carbonyl (C=O) groups is 1. The molecule has 0 saturated carbocycles. The van der Waals surface area contributed by atoms with Crippen LogP contribution in [0.2, 0.25) is 0 Å². The highest BCUT2D eigenvalue weighted by Crippen LogP contribution is 2.28. The fourth-order valence-electron chi connectivity index (χ4n) is 1.21. The summed E-state index contributed by atoms with van der Waals surface area (Å²) in [4.78, 5) is 10.6. The average Bonchev–Trinajstić information content (AvgIpc) is 2.26. The van der Waals surface area contributed by atoms with Gasteiger partial charge in [-0.1, -0.05) is 0 Å². The molecule has 0 fully saturated rings. The van der Waals surface area contributed by atoms with Crippen LogP contribution < -0.4 is 4.74 Å². The molecule has 0 heterocycles. The fraction of sp³-hybridized carbons (Fsp3) is 0.364. The summed E-state index contributed by atoms with van der Waals surface area (Å²) in [5.74, 6) is -0.313. The van der Waals surface area contributed by atoms with Gasteiger partial charge in [-0.25, -0.2) is 8.42 Å². The van der Waals surface area contributed by atoms with Crippen LogP contribution in [-0.2, 0) is 9.84 Å². The summed E-state index contributed by atoms with van der Waals surface area (Å²) in [7, 11) is -3.55. The number of hydrogen-bond acceptors (Lipinski definition) is 4. The highest BCUT2D eigenvalue weighted by atomic mass is 32.2. The van der Waals surface area contributed by atoms with Crippen molar-refractivity contribution in [3.63, 3.8) is 0 Å². The van der Waals surface area contributed by atoms with E-state index < -0.39 is 22.1 Å². The third-order valence-electron chi connectivity index (χ3n) is 2.30. The quantitative estimate of drug-likeness (QED) is 0.799. The van der Waals surface area contributed by atoms with Gasteiger partial charge < -0.3 is 4.74 Å². The molecule has 0 aromatic heterocycles. The number of rotatable bonds is 4. The van der Waals surface area contributed by atoms with Gasteiger partial charge in [0.2, 0.25) is 0 Å². The normalized spacial score (nSPS) is 13.9. The van der Waals surface area contributed by atoms with Crippen LogP contribution in [0.3, 0.4) is 0 Å². The maximum Gasteiger partial charge on any atom is 0.425 e. The Hall–Kier alpha value is -1.57. The Balaban J connectivity index is 3.14. The minimum Gasteiger partial charge on any atom is -0.480 e. The van der Waals surface area contributed by atoms with Crippen molar-refractivity contribution in [2.75, 3.05) is 6.26 Å². The van der Waals surface area contributed by atoms with Gasteiger partial charge in [-0.3, -0.25) is 4.79 Å². The number of benzene rings is 1. The highest BCUT2D eigenvalue weighted by molar-refractivity contribution is 7.90. The predicted octanol–water partition coefficient (Wildman–Crippen LogP) is 2.23. The number of sulfone groups is 1. The Morgan fingerprint density at radius 3 is 2.32 bits per heavy atom. The zero-order valence-corrected chi connectivity index (χ0v) is 10.9. The van der Waals surface area contributed by atoms with Gasteiger partial charge in [-0.05, 0) is 25.1 Å². The number of aldehydes is 1. The van der Waals surface area contributed by atoms with Crippen LogP contribution in [0, 0.1) is 0 Å². The van der Waals surface area contributed by atoms with Crippen molar-refractivity contribution < 1.29 is 31.1 Å². The molecule has 0 unspecified atom stereocenters. The summed E-state index contributed by atoms with van der Waals surface area (Å²) < 4.78 is 64.1. The summed E-state index contributed by atoms with van der Waals surface area (Å²) >= 11 is 0. The van der Waals surface area contributed by atoms with Crippen LogP contribution in [0.15, 0.2) is 23.1 Å². The molecule has 0 saturated heterocycles. The molecule has 0 aliphatic heterocycles. The van der Waals surface area contributed by atoms with Crippen molar-refractivity contribution in [1.29, 1.82) is 0 Å². The topological polar surface area (TPSA) is 60.4 Å². The van der Waals surface area contributed by atoms with Gasteiger partial charge in [-0.2, -0.15) is 13.2 Å². The molecule has 0 bridgehead atoms. The molecule has 8 heteroatoms. The largest absolute Gasteiger partial charge is 0.480 e. The number of carbonyl (C=O) groups excluding carboxylic acids is 1. The van der Waals surface area contributed by atoms with Crippen molar-refractivity contribution in [2.45, 2.75) is 24.1 Å². The van der Waals surface area contributed by atoms with Crippen LogP contribution in [-0.4, -0.2) is 33.2 Å². The first-order chi connectivity index (χ1) is 8.55. The molecule has 1 atom stereocenters. The Morgan fingerprint density at radius 2 is 1.89 bits per heavy atom.